The van der Waals surface area contributed by atoms with E-state index in [1.807, 2.05) is 0 Å². The lowest BCUT2D eigenvalue weighted by molar-refractivity contribution is -0.147. The maximum atomic E-state index is 10.9. The van der Waals surface area contributed by atoms with Crippen LogP contribution in [0.3, 0.4) is 0 Å². The summed E-state index contributed by atoms with van der Waals surface area (Å²) in [6.45, 7) is 1.56. The minimum atomic E-state index is -0.426. The van der Waals surface area contributed by atoms with E-state index in [9.17, 15) is 4.79 Å². The van der Waals surface area contributed by atoms with Crippen LogP contribution in [0.5, 0.6) is 0 Å². The highest BCUT2D eigenvalue weighted by Crippen LogP contribution is 2.14. The van der Waals surface area contributed by atoms with Crippen molar-refractivity contribution in [3.05, 3.63) is 29.6 Å². The Morgan fingerprint density at radius 2 is 2.31 bits per heavy atom. The van der Waals surface area contributed by atoms with Gasteiger partial charge in [0.05, 0.1) is 31.2 Å². The van der Waals surface area contributed by atoms with E-state index in [4.69, 9.17) is 9.84 Å². The fourth-order valence-electron chi connectivity index (χ4n) is 1.15. The van der Waals surface area contributed by atoms with Gasteiger partial charge < -0.3 is 14.6 Å². The summed E-state index contributed by atoms with van der Waals surface area (Å²) in [5, 5.41) is 8.92. The number of aromatic nitrogens is 1. The van der Waals surface area contributed by atoms with Crippen LogP contribution in [0.2, 0.25) is 0 Å². The number of hydrogen-bond donors (Lipinski definition) is 1. The van der Waals surface area contributed by atoms with Gasteiger partial charge in [-0.25, -0.2) is 4.79 Å². The molecule has 0 spiro atoms. The number of nitrogens with zero attached hydrogens (tertiary/aromatic N) is 1. The van der Waals surface area contributed by atoms with Crippen LogP contribution >= 0.6 is 0 Å². The number of rotatable bonds is 5. The Labute approximate surface area is 94.0 Å². The second-order valence-corrected chi connectivity index (χ2v) is 3.24. The molecule has 5 nitrogen and oxygen atoms in total. The Balaban J connectivity index is 2.58. The first-order valence-electron chi connectivity index (χ1n) is 4.92. The average molecular weight is 225 g/mol. The molecular formula is C11H15NO4. The molecule has 1 N–H and O–H groups in total. The van der Waals surface area contributed by atoms with Crippen LogP contribution in [0.4, 0.5) is 0 Å². The molecule has 1 heterocycles. The highest BCUT2D eigenvalue weighted by atomic mass is 16.6. The van der Waals surface area contributed by atoms with Crippen molar-refractivity contribution >= 4 is 5.97 Å². The molecule has 5 heteroatoms. The van der Waals surface area contributed by atoms with E-state index in [1.54, 1.807) is 25.1 Å². The Bertz CT molecular complexity index is 354. The molecule has 16 heavy (non-hydrogen) atoms. The van der Waals surface area contributed by atoms with Crippen molar-refractivity contribution in [1.29, 1.82) is 0 Å². The zero-order valence-corrected chi connectivity index (χ0v) is 9.34. The van der Waals surface area contributed by atoms with Crippen LogP contribution in [-0.2, 0) is 20.9 Å². The molecule has 1 atom stereocenters. The monoisotopic (exact) mass is 225 g/mol. The summed E-state index contributed by atoms with van der Waals surface area (Å²) in [5.41, 5.74) is 1.25. The number of pyridine rings is 1. The minimum Gasteiger partial charge on any atom is -0.467 e. The number of aliphatic hydroxyl groups excluding tert-OH is 1. The SMILES string of the molecule is COC(=O)COC(C)c1cccc(CO)n1. The Morgan fingerprint density at radius 1 is 1.56 bits per heavy atom. The predicted molar refractivity (Wildman–Crippen MR) is 56.5 cm³/mol. The van der Waals surface area contributed by atoms with Crippen LogP contribution in [0, 0.1) is 0 Å². The average Bonchev–Trinajstić information content (AvgIpc) is 2.35. The maximum Gasteiger partial charge on any atom is 0.331 e. The second-order valence-electron chi connectivity index (χ2n) is 3.24. The number of methoxy groups -OCH3 is 1. The van der Waals surface area contributed by atoms with Gasteiger partial charge in [0.1, 0.15) is 6.61 Å². The van der Waals surface area contributed by atoms with Crippen molar-refractivity contribution < 1.29 is 19.4 Å². The van der Waals surface area contributed by atoms with E-state index in [0.717, 1.165) is 0 Å². The van der Waals surface area contributed by atoms with Crippen molar-refractivity contribution in [2.24, 2.45) is 0 Å². The van der Waals surface area contributed by atoms with Gasteiger partial charge in [-0.2, -0.15) is 0 Å². The van der Waals surface area contributed by atoms with Gasteiger partial charge in [0, 0.05) is 0 Å². The molecule has 0 aromatic carbocycles. The normalized spacial score (nSPS) is 12.2. The lowest BCUT2D eigenvalue weighted by atomic mass is 10.2. The van der Waals surface area contributed by atoms with E-state index in [1.165, 1.54) is 7.11 Å². The van der Waals surface area contributed by atoms with Crippen molar-refractivity contribution in [2.45, 2.75) is 19.6 Å². The molecule has 0 aliphatic rings. The summed E-state index contributed by atoms with van der Waals surface area (Å²) in [6.07, 6.45) is -0.314. The van der Waals surface area contributed by atoms with E-state index >= 15 is 0 Å². The van der Waals surface area contributed by atoms with E-state index in [-0.39, 0.29) is 19.3 Å². The van der Waals surface area contributed by atoms with Gasteiger partial charge in [-0.3, -0.25) is 4.98 Å². The van der Waals surface area contributed by atoms with Crippen molar-refractivity contribution in [1.82, 2.24) is 4.98 Å². The lowest BCUT2D eigenvalue weighted by Crippen LogP contribution is -2.13. The van der Waals surface area contributed by atoms with Crippen LogP contribution in [0.1, 0.15) is 24.4 Å². The molecule has 1 unspecified atom stereocenters. The summed E-state index contributed by atoms with van der Waals surface area (Å²) in [4.78, 5) is 15.0. The fourth-order valence-corrected chi connectivity index (χ4v) is 1.15. The lowest BCUT2D eigenvalue weighted by Gasteiger charge is -2.12. The molecule has 1 aromatic rings. The topological polar surface area (TPSA) is 68.7 Å². The molecule has 0 bridgehead atoms. The fraction of sp³-hybridized carbons (Fsp3) is 0.455. The number of aliphatic hydroxyl groups is 1. The summed E-state index contributed by atoms with van der Waals surface area (Å²) >= 11 is 0. The van der Waals surface area contributed by atoms with Gasteiger partial charge in [-0.15, -0.1) is 0 Å². The van der Waals surface area contributed by atoms with Crippen molar-refractivity contribution in [2.75, 3.05) is 13.7 Å². The third-order valence-corrected chi connectivity index (χ3v) is 2.09. The molecule has 88 valence electrons. The molecule has 1 rings (SSSR count). The Morgan fingerprint density at radius 3 is 2.94 bits per heavy atom. The van der Waals surface area contributed by atoms with Crippen LogP contribution in [0.15, 0.2) is 18.2 Å². The van der Waals surface area contributed by atoms with Crippen LogP contribution in [0.25, 0.3) is 0 Å². The predicted octanol–water partition coefficient (Wildman–Crippen LogP) is 0.824. The summed E-state index contributed by atoms with van der Waals surface area (Å²) in [5.74, 6) is -0.426. The molecule has 1 aromatic heterocycles. The number of hydrogen-bond acceptors (Lipinski definition) is 5. The van der Waals surface area contributed by atoms with Gasteiger partial charge in [0.25, 0.3) is 0 Å². The minimum absolute atomic E-state index is 0.108. The first-order valence-corrected chi connectivity index (χ1v) is 4.92. The van der Waals surface area contributed by atoms with Crippen LogP contribution in [-0.4, -0.2) is 29.8 Å². The molecule has 0 saturated heterocycles. The first kappa shape index (κ1) is 12.6. The highest BCUT2D eigenvalue weighted by molar-refractivity contribution is 5.70. The van der Waals surface area contributed by atoms with Gasteiger partial charge in [-0.1, -0.05) is 6.07 Å². The van der Waals surface area contributed by atoms with E-state index in [0.29, 0.717) is 11.4 Å². The van der Waals surface area contributed by atoms with Crippen LogP contribution < -0.4 is 0 Å². The zero-order valence-electron chi connectivity index (χ0n) is 9.34. The molecule has 0 radical (unpaired) electrons. The standard InChI is InChI=1S/C11H15NO4/c1-8(16-7-11(14)15-2)10-5-3-4-9(6-13)12-10/h3-5,8,13H,6-7H2,1-2H3. The molecule has 0 aliphatic carbocycles. The van der Waals surface area contributed by atoms with Crippen molar-refractivity contribution in [3.8, 4) is 0 Å². The Kier molecular flexibility index (Phi) is 4.88. The number of esters is 1. The summed E-state index contributed by atoms with van der Waals surface area (Å²) in [7, 11) is 1.31. The quantitative estimate of drug-likeness (QED) is 0.751. The largest absolute Gasteiger partial charge is 0.467 e. The number of carbonyl (C=O) groups is 1. The third kappa shape index (κ3) is 3.60. The number of ether oxygens (including phenoxy) is 2. The van der Waals surface area contributed by atoms with Gasteiger partial charge >= 0.3 is 5.97 Å². The van der Waals surface area contributed by atoms with E-state index in [2.05, 4.69) is 9.72 Å². The molecular weight excluding hydrogens is 210 g/mol. The Hall–Kier alpha value is -1.46. The second kappa shape index (κ2) is 6.19. The van der Waals surface area contributed by atoms with Crippen molar-refractivity contribution in [3.63, 3.8) is 0 Å². The molecule has 0 fully saturated rings. The van der Waals surface area contributed by atoms with Gasteiger partial charge in [-0.05, 0) is 19.1 Å². The van der Waals surface area contributed by atoms with E-state index < -0.39 is 5.97 Å². The summed E-state index contributed by atoms with van der Waals surface area (Å²) < 4.78 is 9.72. The molecule has 0 amide bonds. The smallest absolute Gasteiger partial charge is 0.331 e. The first-order chi connectivity index (χ1) is 7.67. The maximum absolute atomic E-state index is 10.9. The number of carbonyl (C=O) groups excluding carboxylic acids is 1. The molecule has 0 aliphatic heterocycles. The zero-order chi connectivity index (χ0) is 12.0. The molecule has 0 saturated carbocycles. The van der Waals surface area contributed by atoms with Gasteiger partial charge in [0.15, 0.2) is 0 Å². The highest BCUT2D eigenvalue weighted by Gasteiger charge is 2.10. The summed E-state index contributed by atoms with van der Waals surface area (Å²) in [6, 6.07) is 5.28. The third-order valence-electron chi connectivity index (χ3n) is 2.09. The van der Waals surface area contributed by atoms with Gasteiger partial charge in [0.2, 0.25) is 0 Å².